The van der Waals surface area contributed by atoms with E-state index in [2.05, 4.69) is 16.4 Å². The molecule has 1 saturated heterocycles. The lowest BCUT2D eigenvalue weighted by atomic mass is 10.0. The van der Waals surface area contributed by atoms with Crippen LogP contribution in [0.1, 0.15) is 44.9 Å². The molecule has 0 bridgehead atoms. The molecule has 1 aliphatic heterocycles. The molecule has 0 unspecified atom stereocenters. The first kappa shape index (κ1) is 16.7. The number of amides is 1. The predicted molar refractivity (Wildman–Crippen MR) is 94.0 cm³/mol. The second kappa shape index (κ2) is 7.64. The largest absolute Gasteiger partial charge is 0.352 e. The summed E-state index contributed by atoms with van der Waals surface area (Å²) in [6.07, 6.45) is 12.5. The molecule has 0 saturated carbocycles. The van der Waals surface area contributed by atoms with Gasteiger partial charge in [-0.3, -0.25) is 9.59 Å². The van der Waals surface area contributed by atoms with Crippen LogP contribution in [0.3, 0.4) is 0 Å². The van der Waals surface area contributed by atoms with E-state index in [1.165, 1.54) is 12.8 Å². The fourth-order valence-corrected chi connectivity index (χ4v) is 3.44. The van der Waals surface area contributed by atoms with Crippen molar-refractivity contribution >= 4 is 11.7 Å². The van der Waals surface area contributed by atoms with Gasteiger partial charge in [-0.1, -0.05) is 12.5 Å². The number of carbonyl (C=O) groups excluding carboxylic acids is 1. The quantitative estimate of drug-likeness (QED) is 0.917. The number of piperidine rings is 1. The molecule has 0 atom stereocenters. The zero-order chi connectivity index (χ0) is 16.9. The Kier molecular flexibility index (Phi) is 5.33. The third-order valence-corrected chi connectivity index (χ3v) is 4.96. The molecule has 0 spiro atoms. The van der Waals surface area contributed by atoms with E-state index in [0.717, 1.165) is 50.8 Å². The lowest BCUT2D eigenvalue weighted by Gasteiger charge is -2.32. The van der Waals surface area contributed by atoms with Crippen molar-refractivity contribution in [2.24, 2.45) is 7.05 Å². The Hall–Kier alpha value is -2.11. The summed E-state index contributed by atoms with van der Waals surface area (Å²) in [4.78, 5) is 30.8. The summed E-state index contributed by atoms with van der Waals surface area (Å²) in [6, 6.07) is 0.186. The van der Waals surface area contributed by atoms with Crippen LogP contribution in [-0.2, 0) is 11.8 Å². The number of nitrogens with one attached hydrogen (secondary N) is 1. The summed E-state index contributed by atoms with van der Waals surface area (Å²) in [5.41, 5.74) is 0.886. The highest BCUT2D eigenvalue weighted by molar-refractivity contribution is 5.93. The van der Waals surface area contributed by atoms with Crippen molar-refractivity contribution in [1.82, 2.24) is 14.9 Å². The van der Waals surface area contributed by atoms with Crippen LogP contribution in [0.15, 0.2) is 28.8 Å². The maximum atomic E-state index is 12.4. The minimum atomic E-state index is -0.0661. The number of rotatable bonds is 3. The lowest BCUT2D eigenvalue weighted by Crippen LogP contribution is -2.46. The smallest absolute Gasteiger partial charge is 0.293 e. The molecule has 1 fully saturated rings. The van der Waals surface area contributed by atoms with Crippen molar-refractivity contribution in [2.45, 2.75) is 51.0 Å². The lowest BCUT2D eigenvalue weighted by molar-refractivity contribution is -0.118. The van der Waals surface area contributed by atoms with E-state index in [1.807, 2.05) is 4.90 Å². The molecule has 3 rings (SSSR count). The van der Waals surface area contributed by atoms with Gasteiger partial charge in [0.25, 0.3) is 5.56 Å². The molecule has 1 aliphatic carbocycles. The van der Waals surface area contributed by atoms with E-state index in [9.17, 15) is 9.59 Å². The molecule has 6 nitrogen and oxygen atoms in total. The van der Waals surface area contributed by atoms with Gasteiger partial charge in [0.2, 0.25) is 5.91 Å². The standard InChI is InChI=1S/C18H26N4O2/c1-21-13-10-19-16(18(21)24)22-11-8-15(9-12-22)20-17(23)14-6-4-2-3-5-7-14/h6,10,13,15H,2-5,7-9,11-12H2,1H3,(H,20,23). The second-order valence-corrected chi connectivity index (χ2v) is 6.73. The fraction of sp³-hybridized carbons (Fsp3) is 0.611. The average molecular weight is 330 g/mol. The van der Waals surface area contributed by atoms with Gasteiger partial charge in [0.05, 0.1) is 0 Å². The Balaban J connectivity index is 1.55. The van der Waals surface area contributed by atoms with Crippen LogP contribution < -0.4 is 15.8 Å². The molecule has 6 heteroatoms. The summed E-state index contributed by atoms with van der Waals surface area (Å²) >= 11 is 0. The monoisotopic (exact) mass is 330 g/mol. The van der Waals surface area contributed by atoms with Crippen LogP contribution in [0.5, 0.6) is 0 Å². The van der Waals surface area contributed by atoms with Crippen LogP contribution in [0.2, 0.25) is 0 Å². The minimum absolute atomic E-state index is 0.0661. The molecule has 24 heavy (non-hydrogen) atoms. The summed E-state index contributed by atoms with van der Waals surface area (Å²) in [5.74, 6) is 0.611. The van der Waals surface area contributed by atoms with Crippen molar-refractivity contribution < 1.29 is 4.79 Å². The first-order chi connectivity index (χ1) is 11.6. The Morgan fingerprint density at radius 3 is 2.83 bits per heavy atom. The zero-order valence-corrected chi connectivity index (χ0v) is 14.3. The number of aryl methyl sites for hydroxylation is 1. The van der Waals surface area contributed by atoms with Crippen LogP contribution in [-0.4, -0.2) is 34.6 Å². The average Bonchev–Trinajstić information content (AvgIpc) is 2.88. The van der Waals surface area contributed by atoms with E-state index in [1.54, 1.807) is 24.0 Å². The highest BCUT2D eigenvalue weighted by atomic mass is 16.2. The van der Waals surface area contributed by atoms with Gasteiger partial charge >= 0.3 is 0 Å². The van der Waals surface area contributed by atoms with Gasteiger partial charge in [0, 0.05) is 44.1 Å². The number of hydrogen-bond acceptors (Lipinski definition) is 4. The molecule has 1 aromatic rings. The van der Waals surface area contributed by atoms with E-state index >= 15 is 0 Å². The normalized spacial score (nSPS) is 19.5. The van der Waals surface area contributed by atoms with E-state index in [0.29, 0.717) is 5.82 Å². The third kappa shape index (κ3) is 3.86. The number of allylic oxidation sites excluding steroid dienone is 1. The van der Waals surface area contributed by atoms with Gasteiger partial charge in [-0.15, -0.1) is 0 Å². The van der Waals surface area contributed by atoms with Gasteiger partial charge in [-0.05, 0) is 38.5 Å². The SMILES string of the molecule is Cn1ccnc(N2CCC(NC(=O)C3=CCCCCC3)CC2)c1=O. The Labute approximate surface area is 142 Å². The number of aromatic nitrogens is 2. The molecule has 1 aromatic heterocycles. The van der Waals surface area contributed by atoms with Gasteiger partial charge < -0.3 is 14.8 Å². The molecule has 1 N–H and O–H groups in total. The van der Waals surface area contributed by atoms with Crippen molar-refractivity contribution in [3.05, 3.63) is 34.4 Å². The van der Waals surface area contributed by atoms with Crippen molar-refractivity contribution in [3.63, 3.8) is 0 Å². The highest BCUT2D eigenvalue weighted by Gasteiger charge is 2.24. The van der Waals surface area contributed by atoms with Gasteiger partial charge in [-0.2, -0.15) is 0 Å². The molecule has 0 aromatic carbocycles. The first-order valence-electron chi connectivity index (χ1n) is 8.91. The number of nitrogens with zero attached hydrogens (tertiary/aromatic N) is 3. The molecular formula is C18H26N4O2. The fourth-order valence-electron chi connectivity index (χ4n) is 3.44. The van der Waals surface area contributed by atoms with Gasteiger partial charge in [0.15, 0.2) is 5.82 Å². The minimum Gasteiger partial charge on any atom is -0.352 e. The Morgan fingerprint density at radius 2 is 2.04 bits per heavy atom. The molecule has 1 amide bonds. The number of carbonyl (C=O) groups is 1. The summed E-state index contributed by atoms with van der Waals surface area (Å²) in [5, 5.41) is 3.18. The summed E-state index contributed by atoms with van der Waals surface area (Å²) in [7, 11) is 1.74. The summed E-state index contributed by atoms with van der Waals surface area (Å²) in [6.45, 7) is 1.49. The van der Waals surface area contributed by atoms with E-state index < -0.39 is 0 Å². The highest BCUT2D eigenvalue weighted by Crippen LogP contribution is 2.19. The zero-order valence-electron chi connectivity index (χ0n) is 14.3. The van der Waals surface area contributed by atoms with Crippen molar-refractivity contribution in [3.8, 4) is 0 Å². The molecule has 130 valence electrons. The topological polar surface area (TPSA) is 67.2 Å². The third-order valence-electron chi connectivity index (χ3n) is 4.96. The number of hydrogen-bond donors (Lipinski definition) is 1. The first-order valence-corrected chi connectivity index (χ1v) is 8.91. The van der Waals surface area contributed by atoms with E-state index in [4.69, 9.17) is 0 Å². The van der Waals surface area contributed by atoms with Crippen LogP contribution in [0.25, 0.3) is 0 Å². The Morgan fingerprint density at radius 1 is 1.25 bits per heavy atom. The van der Waals surface area contributed by atoms with Crippen molar-refractivity contribution in [2.75, 3.05) is 18.0 Å². The maximum Gasteiger partial charge on any atom is 0.293 e. The predicted octanol–water partition coefficient (Wildman–Crippen LogP) is 1.76. The molecule has 0 radical (unpaired) electrons. The molecular weight excluding hydrogens is 304 g/mol. The molecule has 2 heterocycles. The van der Waals surface area contributed by atoms with Gasteiger partial charge in [-0.25, -0.2) is 4.98 Å². The van der Waals surface area contributed by atoms with Crippen LogP contribution in [0, 0.1) is 0 Å². The number of anilines is 1. The molecule has 2 aliphatic rings. The second-order valence-electron chi connectivity index (χ2n) is 6.73. The van der Waals surface area contributed by atoms with Crippen molar-refractivity contribution in [1.29, 1.82) is 0 Å². The van der Waals surface area contributed by atoms with E-state index in [-0.39, 0.29) is 17.5 Å². The maximum absolute atomic E-state index is 12.4. The van der Waals surface area contributed by atoms with Crippen LogP contribution in [0.4, 0.5) is 5.82 Å². The van der Waals surface area contributed by atoms with Gasteiger partial charge in [0.1, 0.15) is 0 Å². The van der Waals surface area contributed by atoms with Crippen LogP contribution >= 0.6 is 0 Å². The summed E-state index contributed by atoms with van der Waals surface area (Å²) < 4.78 is 1.55. The Bertz CT molecular complexity index is 672.